The SMILES string of the molecule is CCNC(=O)CCN1CCCC(CNCC(C)C)C1. The molecule has 1 aliphatic rings. The van der Waals surface area contributed by atoms with Gasteiger partial charge in [0.1, 0.15) is 0 Å². The zero-order valence-corrected chi connectivity index (χ0v) is 12.9. The molecule has 0 aliphatic carbocycles. The summed E-state index contributed by atoms with van der Waals surface area (Å²) in [7, 11) is 0. The number of nitrogens with zero attached hydrogens (tertiary/aromatic N) is 1. The number of carbonyl (C=O) groups is 1. The molecule has 0 saturated carbocycles. The van der Waals surface area contributed by atoms with Crippen molar-refractivity contribution in [3.05, 3.63) is 0 Å². The Labute approximate surface area is 118 Å². The fourth-order valence-corrected chi connectivity index (χ4v) is 2.64. The van der Waals surface area contributed by atoms with Gasteiger partial charge in [0.15, 0.2) is 0 Å². The summed E-state index contributed by atoms with van der Waals surface area (Å²) >= 11 is 0. The van der Waals surface area contributed by atoms with Gasteiger partial charge in [0.25, 0.3) is 0 Å². The maximum Gasteiger partial charge on any atom is 0.221 e. The van der Waals surface area contributed by atoms with Crippen molar-refractivity contribution in [1.82, 2.24) is 15.5 Å². The third-order valence-electron chi connectivity index (χ3n) is 3.62. The maximum absolute atomic E-state index is 11.5. The van der Waals surface area contributed by atoms with Gasteiger partial charge in [0.2, 0.25) is 5.91 Å². The van der Waals surface area contributed by atoms with Gasteiger partial charge in [-0.1, -0.05) is 13.8 Å². The molecule has 1 unspecified atom stereocenters. The standard InChI is InChI=1S/C15H31N3O/c1-4-17-15(19)7-9-18-8-5-6-14(12-18)11-16-10-13(2)3/h13-14,16H,4-12H2,1-3H3,(H,17,19). The van der Waals surface area contributed by atoms with Crippen molar-refractivity contribution < 1.29 is 4.79 Å². The Morgan fingerprint density at radius 2 is 2.21 bits per heavy atom. The minimum atomic E-state index is 0.183. The number of piperidine rings is 1. The molecule has 0 aromatic carbocycles. The molecule has 19 heavy (non-hydrogen) atoms. The number of hydrogen-bond donors (Lipinski definition) is 2. The van der Waals surface area contributed by atoms with Crippen molar-refractivity contribution in [1.29, 1.82) is 0 Å². The number of likely N-dealkylation sites (tertiary alicyclic amines) is 1. The lowest BCUT2D eigenvalue weighted by Gasteiger charge is -2.32. The van der Waals surface area contributed by atoms with Crippen LogP contribution in [0.4, 0.5) is 0 Å². The molecule has 0 aromatic heterocycles. The topological polar surface area (TPSA) is 44.4 Å². The van der Waals surface area contributed by atoms with Crippen LogP contribution in [0, 0.1) is 11.8 Å². The first-order valence-corrected chi connectivity index (χ1v) is 7.81. The van der Waals surface area contributed by atoms with Crippen molar-refractivity contribution >= 4 is 5.91 Å². The van der Waals surface area contributed by atoms with E-state index in [0.29, 0.717) is 6.42 Å². The number of carbonyl (C=O) groups excluding carboxylic acids is 1. The molecule has 0 radical (unpaired) electrons. The predicted octanol–water partition coefficient (Wildman–Crippen LogP) is 1.47. The fraction of sp³-hybridized carbons (Fsp3) is 0.933. The van der Waals surface area contributed by atoms with Crippen LogP contribution in [-0.4, -0.2) is 50.1 Å². The zero-order chi connectivity index (χ0) is 14.1. The third-order valence-corrected chi connectivity index (χ3v) is 3.62. The Morgan fingerprint density at radius 3 is 2.89 bits per heavy atom. The minimum absolute atomic E-state index is 0.183. The van der Waals surface area contributed by atoms with E-state index in [4.69, 9.17) is 0 Å². The average molecular weight is 269 g/mol. The van der Waals surface area contributed by atoms with E-state index in [-0.39, 0.29) is 5.91 Å². The highest BCUT2D eigenvalue weighted by Gasteiger charge is 2.19. The molecule has 4 nitrogen and oxygen atoms in total. The monoisotopic (exact) mass is 269 g/mol. The molecule has 112 valence electrons. The normalized spacial score (nSPS) is 20.7. The first-order chi connectivity index (χ1) is 9.11. The van der Waals surface area contributed by atoms with Crippen LogP contribution in [-0.2, 0) is 4.79 Å². The second-order valence-corrected chi connectivity index (χ2v) is 6.06. The summed E-state index contributed by atoms with van der Waals surface area (Å²) in [5, 5.41) is 6.42. The van der Waals surface area contributed by atoms with E-state index < -0.39 is 0 Å². The molecule has 0 aromatic rings. The van der Waals surface area contributed by atoms with Crippen LogP contribution in [0.3, 0.4) is 0 Å². The van der Waals surface area contributed by atoms with Gasteiger partial charge in [-0.3, -0.25) is 4.79 Å². The summed E-state index contributed by atoms with van der Waals surface area (Å²) in [5.74, 6) is 1.65. The fourth-order valence-electron chi connectivity index (χ4n) is 2.64. The van der Waals surface area contributed by atoms with Crippen LogP contribution in [0.5, 0.6) is 0 Å². The van der Waals surface area contributed by atoms with Crippen LogP contribution in [0.15, 0.2) is 0 Å². The third kappa shape index (κ3) is 7.53. The van der Waals surface area contributed by atoms with E-state index in [9.17, 15) is 4.79 Å². The quantitative estimate of drug-likeness (QED) is 0.701. The molecule has 1 saturated heterocycles. The first kappa shape index (κ1) is 16.4. The van der Waals surface area contributed by atoms with Gasteiger partial charge in [-0.15, -0.1) is 0 Å². The molecule has 1 fully saturated rings. The Morgan fingerprint density at radius 1 is 1.42 bits per heavy atom. The lowest BCUT2D eigenvalue weighted by atomic mass is 9.97. The van der Waals surface area contributed by atoms with Crippen LogP contribution < -0.4 is 10.6 Å². The smallest absolute Gasteiger partial charge is 0.221 e. The van der Waals surface area contributed by atoms with Crippen molar-refractivity contribution in [2.24, 2.45) is 11.8 Å². The average Bonchev–Trinajstić information content (AvgIpc) is 2.37. The van der Waals surface area contributed by atoms with Gasteiger partial charge >= 0.3 is 0 Å². The van der Waals surface area contributed by atoms with Gasteiger partial charge in [-0.2, -0.15) is 0 Å². The highest BCUT2D eigenvalue weighted by Crippen LogP contribution is 2.15. The van der Waals surface area contributed by atoms with Crippen LogP contribution in [0.2, 0.25) is 0 Å². The number of rotatable bonds is 8. The molecule has 1 heterocycles. The number of amides is 1. The molecule has 1 aliphatic heterocycles. The van der Waals surface area contributed by atoms with Crippen molar-refractivity contribution in [2.75, 3.05) is 39.3 Å². The number of nitrogens with one attached hydrogen (secondary N) is 2. The van der Waals surface area contributed by atoms with E-state index in [2.05, 4.69) is 29.4 Å². The maximum atomic E-state index is 11.5. The Kier molecular flexibility index (Phi) is 8.07. The molecule has 1 rings (SSSR count). The van der Waals surface area contributed by atoms with Crippen LogP contribution in [0.25, 0.3) is 0 Å². The Balaban J connectivity index is 2.16. The van der Waals surface area contributed by atoms with E-state index in [1.165, 1.54) is 12.8 Å². The first-order valence-electron chi connectivity index (χ1n) is 7.81. The highest BCUT2D eigenvalue weighted by atomic mass is 16.1. The summed E-state index contributed by atoms with van der Waals surface area (Å²) < 4.78 is 0. The van der Waals surface area contributed by atoms with Gasteiger partial charge in [0.05, 0.1) is 0 Å². The highest BCUT2D eigenvalue weighted by molar-refractivity contribution is 5.75. The largest absolute Gasteiger partial charge is 0.356 e. The molecule has 0 bridgehead atoms. The summed E-state index contributed by atoms with van der Waals surface area (Å²) in [5.41, 5.74) is 0. The lowest BCUT2D eigenvalue weighted by molar-refractivity contribution is -0.121. The molecule has 4 heteroatoms. The predicted molar refractivity (Wildman–Crippen MR) is 80.2 cm³/mol. The van der Waals surface area contributed by atoms with E-state index >= 15 is 0 Å². The second kappa shape index (κ2) is 9.32. The van der Waals surface area contributed by atoms with E-state index in [0.717, 1.165) is 51.1 Å². The van der Waals surface area contributed by atoms with E-state index in [1.807, 2.05) is 6.92 Å². The van der Waals surface area contributed by atoms with Crippen LogP contribution in [0.1, 0.15) is 40.0 Å². The van der Waals surface area contributed by atoms with Crippen molar-refractivity contribution in [2.45, 2.75) is 40.0 Å². The molecule has 1 amide bonds. The minimum Gasteiger partial charge on any atom is -0.356 e. The summed E-state index contributed by atoms with van der Waals surface area (Å²) in [4.78, 5) is 13.9. The van der Waals surface area contributed by atoms with Crippen LogP contribution >= 0.6 is 0 Å². The summed E-state index contributed by atoms with van der Waals surface area (Å²) in [6.45, 7) is 12.6. The molecule has 2 N–H and O–H groups in total. The molecule has 1 atom stereocenters. The lowest BCUT2D eigenvalue weighted by Crippen LogP contribution is -2.41. The Hall–Kier alpha value is -0.610. The molecular weight excluding hydrogens is 238 g/mol. The van der Waals surface area contributed by atoms with Crippen molar-refractivity contribution in [3.63, 3.8) is 0 Å². The molecule has 0 spiro atoms. The van der Waals surface area contributed by atoms with Gasteiger partial charge in [-0.25, -0.2) is 0 Å². The Bertz CT molecular complexity index is 256. The van der Waals surface area contributed by atoms with Gasteiger partial charge in [-0.05, 0) is 51.2 Å². The van der Waals surface area contributed by atoms with Gasteiger partial charge < -0.3 is 15.5 Å². The number of hydrogen-bond acceptors (Lipinski definition) is 3. The second-order valence-electron chi connectivity index (χ2n) is 6.06. The zero-order valence-electron chi connectivity index (χ0n) is 12.9. The summed E-state index contributed by atoms with van der Waals surface area (Å²) in [6.07, 6.45) is 3.23. The summed E-state index contributed by atoms with van der Waals surface area (Å²) in [6, 6.07) is 0. The van der Waals surface area contributed by atoms with Crippen molar-refractivity contribution in [3.8, 4) is 0 Å². The molecular formula is C15H31N3O. The van der Waals surface area contributed by atoms with Gasteiger partial charge in [0, 0.05) is 26.1 Å². The van der Waals surface area contributed by atoms with E-state index in [1.54, 1.807) is 0 Å².